The number of sulfonamides is 1. The summed E-state index contributed by atoms with van der Waals surface area (Å²) >= 11 is 0. The van der Waals surface area contributed by atoms with E-state index in [1.807, 2.05) is 0 Å². The van der Waals surface area contributed by atoms with Crippen molar-refractivity contribution >= 4 is 27.6 Å². The van der Waals surface area contributed by atoms with Gasteiger partial charge in [0.25, 0.3) is 15.9 Å². The summed E-state index contributed by atoms with van der Waals surface area (Å²) < 4.78 is 37.4. The predicted molar refractivity (Wildman–Crippen MR) is 120 cm³/mol. The largest absolute Gasteiger partial charge is 0.495 e. The number of carbonyl (C=O) groups excluding carboxylic acids is 2. The number of rotatable bonds is 8. The third-order valence-electron chi connectivity index (χ3n) is 5.48. The zero-order chi connectivity index (χ0) is 23.1. The van der Waals surface area contributed by atoms with Gasteiger partial charge in [-0.2, -0.15) is 0 Å². The average molecular weight is 461 g/mol. The van der Waals surface area contributed by atoms with Gasteiger partial charge in [0.1, 0.15) is 5.75 Å². The van der Waals surface area contributed by atoms with Crippen LogP contribution in [0.25, 0.3) is 0 Å². The molecule has 1 aliphatic rings. The van der Waals surface area contributed by atoms with Crippen LogP contribution in [0.3, 0.4) is 0 Å². The summed E-state index contributed by atoms with van der Waals surface area (Å²) in [7, 11) is -0.974. The highest BCUT2D eigenvalue weighted by atomic mass is 32.2. The SMILES string of the molecule is COc1ccccc1N(C)S(=O)(=O)c1ccc(C(=O)OCC(=O)NC2CCCCC2)cc1. The number of anilines is 1. The number of nitrogens with zero attached hydrogens (tertiary/aromatic N) is 1. The third-order valence-corrected chi connectivity index (χ3v) is 7.26. The molecule has 0 saturated heterocycles. The van der Waals surface area contributed by atoms with E-state index in [1.54, 1.807) is 24.3 Å². The normalized spacial score (nSPS) is 14.4. The lowest BCUT2D eigenvalue weighted by Crippen LogP contribution is -2.38. The van der Waals surface area contributed by atoms with Crippen molar-refractivity contribution in [2.24, 2.45) is 0 Å². The lowest BCUT2D eigenvalue weighted by molar-refractivity contribution is -0.125. The van der Waals surface area contributed by atoms with Crippen LogP contribution >= 0.6 is 0 Å². The lowest BCUT2D eigenvalue weighted by atomic mass is 9.95. The molecule has 0 atom stereocenters. The number of methoxy groups -OCH3 is 1. The van der Waals surface area contributed by atoms with Crippen molar-refractivity contribution in [2.45, 2.75) is 43.0 Å². The molecule has 9 heteroatoms. The number of benzene rings is 2. The van der Waals surface area contributed by atoms with Crippen LogP contribution < -0.4 is 14.4 Å². The van der Waals surface area contributed by atoms with Gasteiger partial charge in [0, 0.05) is 13.1 Å². The van der Waals surface area contributed by atoms with Crippen molar-refractivity contribution in [1.82, 2.24) is 5.32 Å². The standard InChI is InChI=1S/C23H28N2O6S/c1-25(20-10-6-7-11-21(20)30-2)32(28,29)19-14-12-17(13-15-19)23(27)31-16-22(26)24-18-8-4-3-5-9-18/h6-7,10-15,18H,3-5,8-9,16H2,1-2H3,(H,24,26). The average Bonchev–Trinajstić information content (AvgIpc) is 2.82. The number of para-hydroxylation sites is 2. The van der Waals surface area contributed by atoms with Crippen LogP contribution in [0.2, 0.25) is 0 Å². The first-order valence-electron chi connectivity index (χ1n) is 10.5. The zero-order valence-corrected chi connectivity index (χ0v) is 19.1. The van der Waals surface area contributed by atoms with Gasteiger partial charge in [-0.15, -0.1) is 0 Å². The van der Waals surface area contributed by atoms with Crippen LogP contribution in [0.1, 0.15) is 42.5 Å². The number of esters is 1. The molecular formula is C23H28N2O6S. The van der Waals surface area contributed by atoms with Gasteiger partial charge in [-0.25, -0.2) is 13.2 Å². The molecule has 0 bridgehead atoms. The summed E-state index contributed by atoms with van der Waals surface area (Å²) in [6, 6.07) is 12.3. The molecule has 3 rings (SSSR count). The molecule has 0 unspecified atom stereocenters. The third kappa shape index (κ3) is 5.59. The molecule has 2 aromatic carbocycles. The van der Waals surface area contributed by atoms with Gasteiger partial charge in [0.2, 0.25) is 0 Å². The van der Waals surface area contributed by atoms with Gasteiger partial charge >= 0.3 is 5.97 Å². The van der Waals surface area contributed by atoms with Crippen molar-refractivity contribution < 1.29 is 27.5 Å². The molecule has 1 saturated carbocycles. The molecule has 32 heavy (non-hydrogen) atoms. The monoisotopic (exact) mass is 460 g/mol. The summed E-state index contributed by atoms with van der Waals surface area (Å²) in [6.45, 7) is -0.369. The second kappa shape index (κ2) is 10.5. The summed E-state index contributed by atoms with van der Waals surface area (Å²) in [5, 5.41) is 2.88. The maximum Gasteiger partial charge on any atom is 0.338 e. The topological polar surface area (TPSA) is 102 Å². The maximum absolute atomic E-state index is 13.0. The highest BCUT2D eigenvalue weighted by Crippen LogP contribution is 2.30. The van der Waals surface area contributed by atoms with E-state index in [4.69, 9.17) is 9.47 Å². The molecule has 2 aromatic rings. The zero-order valence-electron chi connectivity index (χ0n) is 18.2. The Morgan fingerprint density at radius 1 is 1.03 bits per heavy atom. The first kappa shape index (κ1) is 23.6. The highest BCUT2D eigenvalue weighted by Gasteiger charge is 2.24. The molecule has 1 aliphatic carbocycles. The lowest BCUT2D eigenvalue weighted by Gasteiger charge is -2.22. The van der Waals surface area contributed by atoms with Crippen LogP contribution in [0.15, 0.2) is 53.4 Å². The Bertz CT molecular complexity index is 1050. The molecule has 1 N–H and O–H groups in total. The molecule has 0 aliphatic heterocycles. The van der Waals surface area contributed by atoms with Crippen molar-refractivity contribution in [3.05, 3.63) is 54.1 Å². The Balaban J connectivity index is 1.62. The van der Waals surface area contributed by atoms with Crippen molar-refractivity contribution in [3.63, 3.8) is 0 Å². The summed E-state index contributed by atoms with van der Waals surface area (Å²) in [6.07, 6.45) is 5.25. The van der Waals surface area contributed by atoms with Gasteiger partial charge in [0.15, 0.2) is 6.61 Å². The second-order valence-corrected chi connectivity index (χ2v) is 9.62. The van der Waals surface area contributed by atoms with E-state index < -0.39 is 16.0 Å². The Hall–Kier alpha value is -3.07. The summed E-state index contributed by atoms with van der Waals surface area (Å²) in [5.74, 6) is -0.598. The van der Waals surface area contributed by atoms with Crippen molar-refractivity contribution in [1.29, 1.82) is 0 Å². The minimum atomic E-state index is -3.87. The molecule has 0 radical (unpaired) electrons. The molecule has 1 fully saturated rings. The van der Waals surface area contributed by atoms with E-state index in [0.717, 1.165) is 30.0 Å². The van der Waals surface area contributed by atoms with Crippen molar-refractivity contribution in [2.75, 3.05) is 25.1 Å². The predicted octanol–water partition coefficient (Wildman–Crippen LogP) is 3.13. The van der Waals surface area contributed by atoms with Crippen molar-refractivity contribution in [3.8, 4) is 5.75 Å². The second-order valence-electron chi connectivity index (χ2n) is 7.65. The Morgan fingerprint density at radius 2 is 1.69 bits per heavy atom. The van der Waals surface area contributed by atoms with E-state index in [-0.39, 0.29) is 29.0 Å². The first-order valence-corrected chi connectivity index (χ1v) is 12.0. The fourth-order valence-electron chi connectivity index (χ4n) is 3.67. The molecule has 8 nitrogen and oxygen atoms in total. The van der Waals surface area contributed by atoms with Gasteiger partial charge in [0.05, 0.1) is 23.3 Å². The van der Waals surface area contributed by atoms with E-state index >= 15 is 0 Å². The number of ether oxygens (including phenoxy) is 2. The Kier molecular flexibility index (Phi) is 7.74. The van der Waals surface area contributed by atoms with Crippen LogP contribution in [0.4, 0.5) is 5.69 Å². The molecule has 0 aromatic heterocycles. The fourth-order valence-corrected chi connectivity index (χ4v) is 4.88. The van der Waals surface area contributed by atoms with Gasteiger partial charge in [-0.1, -0.05) is 31.4 Å². The minimum absolute atomic E-state index is 0.0116. The fraction of sp³-hybridized carbons (Fsp3) is 0.391. The van der Waals surface area contributed by atoms with Crippen LogP contribution in [-0.4, -0.2) is 47.1 Å². The van der Waals surface area contributed by atoms with Gasteiger partial charge < -0.3 is 14.8 Å². The minimum Gasteiger partial charge on any atom is -0.495 e. The highest BCUT2D eigenvalue weighted by molar-refractivity contribution is 7.92. The number of hydrogen-bond acceptors (Lipinski definition) is 6. The molecule has 172 valence electrons. The molecule has 0 heterocycles. The van der Waals surface area contributed by atoms with Crippen LogP contribution in [0.5, 0.6) is 5.75 Å². The Labute approximate surface area is 188 Å². The van der Waals surface area contributed by atoms with Gasteiger partial charge in [-0.05, 0) is 49.2 Å². The number of carbonyl (C=O) groups is 2. The number of nitrogens with one attached hydrogen (secondary N) is 1. The summed E-state index contributed by atoms with van der Waals surface area (Å²) in [5.41, 5.74) is 0.553. The number of hydrogen-bond donors (Lipinski definition) is 1. The van der Waals surface area contributed by atoms with Crippen LogP contribution in [0, 0.1) is 0 Å². The molecule has 0 spiro atoms. The van der Waals surface area contributed by atoms with Crippen LogP contribution in [-0.2, 0) is 19.6 Å². The van der Waals surface area contributed by atoms with E-state index in [1.165, 1.54) is 44.8 Å². The van der Waals surface area contributed by atoms with E-state index in [0.29, 0.717) is 11.4 Å². The number of amides is 1. The maximum atomic E-state index is 13.0. The van der Waals surface area contributed by atoms with E-state index in [9.17, 15) is 18.0 Å². The van der Waals surface area contributed by atoms with E-state index in [2.05, 4.69) is 5.32 Å². The first-order chi connectivity index (χ1) is 15.3. The quantitative estimate of drug-likeness (QED) is 0.608. The smallest absolute Gasteiger partial charge is 0.338 e. The molecule has 1 amide bonds. The summed E-state index contributed by atoms with van der Waals surface area (Å²) in [4.78, 5) is 24.3. The Morgan fingerprint density at radius 3 is 2.34 bits per heavy atom. The molecular weight excluding hydrogens is 432 g/mol. The van der Waals surface area contributed by atoms with Gasteiger partial charge in [-0.3, -0.25) is 9.10 Å².